The van der Waals surface area contributed by atoms with E-state index in [2.05, 4.69) is 11.4 Å². The molecule has 0 saturated carbocycles. The lowest BCUT2D eigenvalue weighted by molar-refractivity contribution is -0.115. The van der Waals surface area contributed by atoms with Gasteiger partial charge in [0.05, 0.1) is 5.56 Å². The van der Waals surface area contributed by atoms with Gasteiger partial charge in [-0.05, 0) is 49.1 Å². The highest BCUT2D eigenvalue weighted by Crippen LogP contribution is 2.38. The van der Waals surface area contributed by atoms with Gasteiger partial charge in [-0.15, -0.1) is 23.1 Å². The van der Waals surface area contributed by atoms with Gasteiger partial charge in [0, 0.05) is 21.9 Å². The molecule has 1 amide bonds. The molecule has 1 aliphatic rings. The summed E-state index contributed by atoms with van der Waals surface area (Å²) >= 11 is 3.04. The summed E-state index contributed by atoms with van der Waals surface area (Å²) in [5.74, 6) is 0.266. The molecule has 0 aliphatic heterocycles. The van der Waals surface area contributed by atoms with Crippen molar-refractivity contribution in [1.29, 1.82) is 5.26 Å². The minimum atomic E-state index is -0.262. The Morgan fingerprint density at radius 1 is 1.35 bits per heavy atom. The molecule has 1 aromatic carbocycles. The number of halogens is 1. The van der Waals surface area contributed by atoms with Gasteiger partial charge in [0.2, 0.25) is 5.91 Å². The van der Waals surface area contributed by atoms with Crippen molar-refractivity contribution < 1.29 is 9.18 Å². The number of aryl methyl sites for hydroxylation is 1. The number of fused-ring (bicyclic) bond motifs is 1. The average molecular weight is 346 g/mol. The second-order valence-electron chi connectivity index (χ2n) is 5.27. The number of hydrogen-bond donors (Lipinski definition) is 1. The summed E-state index contributed by atoms with van der Waals surface area (Å²) in [5, 5.41) is 12.9. The lowest BCUT2D eigenvalue weighted by Gasteiger charge is -2.04. The van der Waals surface area contributed by atoms with Crippen LogP contribution in [0.5, 0.6) is 0 Å². The van der Waals surface area contributed by atoms with Gasteiger partial charge in [-0.2, -0.15) is 5.26 Å². The van der Waals surface area contributed by atoms with Crippen molar-refractivity contribution in [2.45, 2.75) is 30.6 Å². The first kappa shape index (κ1) is 16.0. The summed E-state index contributed by atoms with van der Waals surface area (Å²) in [7, 11) is 0. The SMILES string of the molecule is N#Cc1c(NC(=O)CCSc2ccc(F)cc2)sc2c1CCC2. The van der Waals surface area contributed by atoms with Gasteiger partial charge >= 0.3 is 0 Å². The molecule has 0 atom stereocenters. The summed E-state index contributed by atoms with van der Waals surface area (Å²) in [6.07, 6.45) is 3.39. The Bertz CT molecular complexity index is 762. The number of hydrogen-bond acceptors (Lipinski definition) is 4. The standard InChI is InChI=1S/C17H15FN2OS2/c18-11-4-6-12(7-5-11)22-9-8-16(21)20-17-14(10-19)13-2-1-3-15(13)23-17/h4-7H,1-3,8-9H2,(H,20,21). The predicted octanol–water partition coefficient (Wildman–Crippen LogP) is 4.37. The fraction of sp³-hybridized carbons (Fsp3) is 0.294. The topological polar surface area (TPSA) is 52.9 Å². The first-order valence-electron chi connectivity index (χ1n) is 7.40. The van der Waals surface area contributed by atoms with Gasteiger partial charge in [0.25, 0.3) is 0 Å². The monoisotopic (exact) mass is 346 g/mol. The Morgan fingerprint density at radius 2 is 2.13 bits per heavy atom. The molecule has 1 N–H and O–H groups in total. The second kappa shape index (κ2) is 7.16. The number of anilines is 1. The summed E-state index contributed by atoms with van der Waals surface area (Å²) in [6.45, 7) is 0. The summed E-state index contributed by atoms with van der Waals surface area (Å²) in [4.78, 5) is 14.2. The molecule has 0 radical (unpaired) electrons. The Morgan fingerprint density at radius 3 is 2.87 bits per heavy atom. The number of thioether (sulfide) groups is 1. The number of rotatable bonds is 5. The van der Waals surface area contributed by atoms with Crippen molar-refractivity contribution >= 4 is 34.0 Å². The molecule has 0 bridgehead atoms. The smallest absolute Gasteiger partial charge is 0.225 e. The Labute approximate surface area is 142 Å². The van der Waals surface area contributed by atoms with E-state index < -0.39 is 0 Å². The van der Waals surface area contributed by atoms with E-state index in [0.29, 0.717) is 22.7 Å². The molecule has 0 unspecified atom stereocenters. The molecule has 3 nitrogen and oxygen atoms in total. The maximum Gasteiger partial charge on any atom is 0.225 e. The molecule has 6 heteroatoms. The molecular formula is C17H15FN2OS2. The van der Waals surface area contributed by atoms with Crippen LogP contribution < -0.4 is 5.32 Å². The van der Waals surface area contributed by atoms with Crippen molar-refractivity contribution in [3.05, 3.63) is 46.1 Å². The maximum atomic E-state index is 12.8. The van der Waals surface area contributed by atoms with Gasteiger partial charge < -0.3 is 5.32 Å². The summed E-state index contributed by atoms with van der Waals surface area (Å²) in [6, 6.07) is 8.45. The third kappa shape index (κ3) is 3.74. The third-order valence-corrected chi connectivity index (χ3v) is 5.92. The van der Waals surface area contributed by atoms with Crippen LogP contribution in [0.25, 0.3) is 0 Å². The van der Waals surface area contributed by atoms with Crippen LogP contribution >= 0.6 is 23.1 Å². The molecule has 2 aromatic rings. The van der Waals surface area contributed by atoms with E-state index in [1.165, 1.54) is 40.1 Å². The van der Waals surface area contributed by atoms with Gasteiger partial charge in [-0.25, -0.2) is 4.39 Å². The van der Waals surface area contributed by atoms with E-state index in [0.717, 1.165) is 29.7 Å². The van der Waals surface area contributed by atoms with Crippen LogP contribution in [-0.4, -0.2) is 11.7 Å². The fourth-order valence-electron chi connectivity index (χ4n) is 2.59. The van der Waals surface area contributed by atoms with E-state index in [9.17, 15) is 14.4 Å². The molecule has 1 heterocycles. The zero-order chi connectivity index (χ0) is 16.2. The molecule has 0 fully saturated rings. The molecular weight excluding hydrogens is 331 g/mol. The second-order valence-corrected chi connectivity index (χ2v) is 7.55. The summed E-state index contributed by atoms with van der Waals surface area (Å²) in [5.41, 5.74) is 1.76. The Hall–Kier alpha value is -1.84. The van der Waals surface area contributed by atoms with Crippen LogP contribution in [0.3, 0.4) is 0 Å². The largest absolute Gasteiger partial charge is 0.317 e. The first-order chi connectivity index (χ1) is 11.2. The Kier molecular flexibility index (Phi) is 4.99. The van der Waals surface area contributed by atoms with Gasteiger partial charge in [-0.3, -0.25) is 4.79 Å². The van der Waals surface area contributed by atoms with Crippen molar-refractivity contribution in [3.8, 4) is 6.07 Å². The average Bonchev–Trinajstić information content (AvgIpc) is 3.09. The normalized spacial score (nSPS) is 12.7. The third-order valence-electron chi connectivity index (χ3n) is 3.70. The minimum Gasteiger partial charge on any atom is -0.317 e. The zero-order valence-corrected chi connectivity index (χ0v) is 14.0. The lowest BCUT2D eigenvalue weighted by atomic mass is 10.1. The predicted molar refractivity (Wildman–Crippen MR) is 91.4 cm³/mol. The number of amides is 1. The lowest BCUT2D eigenvalue weighted by Crippen LogP contribution is -2.12. The number of thiophene rings is 1. The molecule has 118 valence electrons. The zero-order valence-electron chi connectivity index (χ0n) is 12.4. The maximum absolute atomic E-state index is 12.8. The van der Waals surface area contributed by atoms with Crippen molar-refractivity contribution in [2.24, 2.45) is 0 Å². The van der Waals surface area contributed by atoms with Crippen LogP contribution in [0.15, 0.2) is 29.2 Å². The highest BCUT2D eigenvalue weighted by molar-refractivity contribution is 7.99. The van der Waals surface area contributed by atoms with E-state index in [1.807, 2.05) is 0 Å². The number of carbonyl (C=O) groups excluding carboxylic acids is 1. The highest BCUT2D eigenvalue weighted by atomic mass is 32.2. The van der Waals surface area contributed by atoms with Gasteiger partial charge in [-0.1, -0.05) is 0 Å². The van der Waals surface area contributed by atoms with Crippen LogP contribution in [0, 0.1) is 17.1 Å². The van der Waals surface area contributed by atoms with E-state index in [4.69, 9.17) is 0 Å². The van der Waals surface area contributed by atoms with E-state index in [-0.39, 0.29) is 11.7 Å². The van der Waals surface area contributed by atoms with Crippen LogP contribution in [0.4, 0.5) is 9.39 Å². The molecule has 3 rings (SSSR count). The Balaban J connectivity index is 1.54. The number of carbonyl (C=O) groups is 1. The van der Waals surface area contributed by atoms with Gasteiger partial charge in [0.1, 0.15) is 16.9 Å². The molecule has 0 spiro atoms. The van der Waals surface area contributed by atoms with Crippen molar-refractivity contribution in [3.63, 3.8) is 0 Å². The molecule has 0 saturated heterocycles. The van der Waals surface area contributed by atoms with Gasteiger partial charge in [0.15, 0.2) is 0 Å². The highest BCUT2D eigenvalue weighted by Gasteiger charge is 2.22. The van der Waals surface area contributed by atoms with Crippen LogP contribution in [0.1, 0.15) is 28.8 Å². The van der Waals surface area contributed by atoms with Crippen molar-refractivity contribution in [1.82, 2.24) is 0 Å². The fourth-order valence-corrected chi connectivity index (χ4v) is 4.70. The molecule has 23 heavy (non-hydrogen) atoms. The molecule has 1 aromatic heterocycles. The van der Waals surface area contributed by atoms with Crippen molar-refractivity contribution in [2.75, 3.05) is 11.1 Å². The minimum absolute atomic E-state index is 0.0870. The van der Waals surface area contributed by atoms with E-state index >= 15 is 0 Å². The first-order valence-corrected chi connectivity index (χ1v) is 9.20. The number of nitrogens with one attached hydrogen (secondary N) is 1. The molecule has 1 aliphatic carbocycles. The van der Waals surface area contributed by atoms with Crippen LogP contribution in [0.2, 0.25) is 0 Å². The van der Waals surface area contributed by atoms with Crippen LogP contribution in [-0.2, 0) is 17.6 Å². The van der Waals surface area contributed by atoms with E-state index in [1.54, 1.807) is 12.1 Å². The number of benzene rings is 1. The number of nitriles is 1. The number of nitrogens with zero attached hydrogens (tertiary/aromatic N) is 1. The quantitative estimate of drug-likeness (QED) is 0.818. The summed E-state index contributed by atoms with van der Waals surface area (Å²) < 4.78 is 12.8.